The summed E-state index contributed by atoms with van der Waals surface area (Å²) in [7, 11) is -4.24. The molecule has 0 unspecified atom stereocenters. The Labute approximate surface area is 138 Å². The number of para-hydroxylation sites is 1. The van der Waals surface area contributed by atoms with Crippen molar-refractivity contribution in [1.29, 1.82) is 10.7 Å². The second kappa shape index (κ2) is 7.12. The maximum Gasteiger partial charge on any atom is 0.295 e. The Kier molecular flexibility index (Phi) is 5.18. The predicted octanol–water partition coefficient (Wildman–Crippen LogP) is 0.0378. The fourth-order valence-corrected chi connectivity index (χ4v) is 2.83. The minimum Gasteiger partial charge on any atom is -0.491 e. The number of hydrogen-bond acceptors (Lipinski definition) is 7. The summed E-state index contributed by atoms with van der Waals surface area (Å²) in [5, 5.41) is 15.9. The molecular weight excluding hydrogens is 336 g/mol. The number of fused-ring (bicyclic) bond motifs is 1. The van der Waals surface area contributed by atoms with Crippen LogP contribution in [0.4, 0.5) is 0 Å². The third-order valence-electron chi connectivity index (χ3n) is 3.06. The summed E-state index contributed by atoms with van der Waals surface area (Å²) in [6.07, 6.45) is 1.69. The molecule has 126 valence electrons. The molecule has 1 aliphatic rings. The monoisotopic (exact) mass is 350 g/mol. The predicted molar refractivity (Wildman–Crippen MR) is 84.2 cm³/mol. The maximum atomic E-state index is 12.2. The standard InChI is InChI=1S/C14H14N4O5S/c15-7-11-3-1-2-10-6-9(4-5-22-13(10)11)12(19)8-24(20,21)23-18-14(16)17/h1-3,6H,4-5,8H2,(H4,16,17,18). The van der Waals surface area contributed by atoms with Gasteiger partial charge < -0.3 is 10.5 Å². The van der Waals surface area contributed by atoms with E-state index >= 15 is 0 Å². The van der Waals surface area contributed by atoms with Gasteiger partial charge in [-0.05, 0) is 12.1 Å². The average molecular weight is 350 g/mol. The lowest BCUT2D eigenvalue weighted by molar-refractivity contribution is -0.113. The fourth-order valence-electron chi connectivity index (χ4n) is 2.05. The number of benzene rings is 1. The van der Waals surface area contributed by atoms with Crippen molar-refractivity contribution in [3.8, 4) is 11.8 Å². The Hall–Kier alpha value is -2.90. The van der Waals surface area contributed by atoms with Crippen LogP contribution in [0.3, 0.4) is 0 Å². The first-order valence-electron chi connectivity index (χ1n) is 6.73. The first kappa shape index (κ1) is 17.5. The number of nitrogens with zero attached hydrogens (tertiary/aromatic N) is 1. The lowest BCUT2D eigenvalue weighted by Gasteiger charge is -2.07. The molecule has 2 rings (SSSR count). The normalized spacial score (nSPS) is 13.5. The molecule has 1 aromatic rings. The van der Waals surface area contributed by atoms with E-state index in [0.29, 0.717) is 16.9 Å². The topological polar surface area (TPSA) is 155 Å². The minimum atomic E-state index is -4.24. The van der Waals surface area contributed by atoms with Gasteiger partial charge in [0.15, 0.2) is 5.78 Å². The largest absolute Gasteiger partial charge is 0.491 e. The molecule has 9 nitrogen and oxygen atoms in total. The SMILES string of the molecule is N#Cc1cccc2c1OCCC(C(=O)CS(=O)(=O)ONC(=N)N)=C2. The van der Waals surface area contributed by atoms with E-state index in [1.807, 2.05) is 6.07 Å². The molecule has 0 amide bonds. The van der Waals surface area contributed by atoms with Crippen LogP contribution < -0.4 is 16.0 Å². The minimum absolute atomic E-state index is 0.135. The summed E-state index contributed by atoms with van der Waals surface area (Å²) in [6.45, 7) is 0.135. The summed E-state index contributed by atoms with van der Waals surface area (Å²) in [5.41, 5.74) is 7.69. The molecule has 0 aliphatic carbocycles. The number of nitrogens with one attached hydrogen (secondary N) is 2. The van der Waals surface area contributed by atoms with Crippen molar-refractivity contribution in [2.24, 2.45) is 5.73 Å². The molecule has 1 heterocycles. The van der Waals surface area contributed by atoms with E-state index in [9.17, 15) is 13.2 Å². The van der Waals surface area contributed by atoms with Crippen molar-refractivity contribution < 1.29 is 22.2 Å². The van der Waals surface area contributed by atoms with Gasteiger partial charge in [0.2, 0.25) is 5.96 Å². The van der Waals surface area contributed by atoms with Crippen LogP contribution in [-0.2, 0) is 19.2 Å². The van der Waals surface area contributed by atoms with Gasteiger partial charge in [0.25, 0.3) is 10.1 Å². The third-order valence-corrected chi connectivity index (χ3v) is 4.01. The first-order chi connectivity index (χ1) is 11.3. The summed E-state index contributed by atoms with van der Waals surface area (Å²) in [6, 6.07) is 6.89. The maximum absolute atomic E-state index is 12.2. The lowest BCUT2D eigenvalue weighted by atomic mass is 10.0. The van der Waals surface area contributed by atoms with Gasteiger partial charge in [-0.15, -0.1) is 4.28 Å². The van der Waals surface area contributed by atoms with Gasteiger partial charge in [-0.25, -0.2) is 5.48 Å². The lowest BCUT2D eigenvalue weighted by Crippen LogP contribution is -2.34. The van der Waals surface area contributed by atoms with Crippen molar-refractivity contribution in [2.75, 3.05) is 12.4 Å². The van der Waals surface area contributed by atoms with Crippen LogP contribution in [0.25, 0.3) is 6.08 Å². The van der Waals surface area contributed by atoms with Gasteiger partial charge in [0.1, 0.15) is 17.6 Å². The van der Waals surface area contributed by atoms with Crippen LogP contribution in [0.1, 0.15) is 17.5 Å². The Balaban J connectivity index is 2.22. The number of ether oxygens (including phenoxy) is 1. The molecule has 1 aliphatic heterocycles. The number of hydroxylamine groups is 1. The van der Waals surface area contributed by atoms with Crippen molar-refractivity contribution in [2.45, 2.75) is 6.42 Å². The number of carbonyl (C=O) groups is 1. The molecule has 0 spiro atoms. The molecule has 0 bridgehead atoms. The number of nitriles is 1. The Morgan fingerprint density at radius 3 is 2.92 bits per heavy atom. The van der Waals surface area contributed by atoms with E-state index in [0.717, 1.165) is 0 Å². The molecule has 0 saturated carbocycles. The van der Waals surface area contributed by atoms with Crippen molar-refractivity contribution >= 4 is 27.9 Å². The quantitative estimate of drug-likeness (QED) is 0.382. The van der Waals surface area contributed by atoms with Crippen LogP contribution in [0.2, 0.25) is 0 Å². The molecular formula is C14H14N4O5S. The van der Waals surface area contributed by atoms with E-state index in [1.54, 1.807) is 23.7 Å². The highest BCUT2D eigenvalue weighted by molar-refractivity contribution is 7.87. The molecule has 0 fully saturated rings. The molecule has 4 N–H and O–H groups in total. The van der Waals surface area contributed by atoms with Gasteiger partial charge >= 0.3 is 0 Å². The third kappa shape index (κ3) is 4.31. The number of nitrogens with two attached hydrogens (primary N) is 1. The zero-order valence-corrected chi connectivity index (χ0v) is 13.2. The van der Waals surface area contributed by atoms with Gasteiger partial charge in [-0.1, -0.05) is 12.1 Å². The summed E-state index contributed by atoms with van der Waals surface area (Å²) < 4.78 is 33.1. The van der Waals surface area contributed by atoms with E-state index in [-0.39, 0.29) is 18.6 Å². The highest BCUT2D eigenvalue weighted by Crippen LogP contribution is 2.29. The van der Waals surface area contributed by atoms with E-state index in [4.69, 9.17) is 21.1 Å². The fraction of sp³-hybridized carbons (Fsp3) is 0.214. The number of hydrogen-bond donors (Lipinski definition) is 3. The van der Waals surface area contributed by atoms with E-state index < -0.39 is 27.6 Å². The number of guanidine groups is 1. The average Bonchev–Trinajstić information content (AvgIpc) is 2.74. The zero-order valence-electron chi connectivity index (χ0n) is 12.4. The van der Waals surface area contributed by atoms with Gasteiger partial charge in [0, 0.05) is 17.6 Å². The highest BCUT2D eigenvalue weighted by Gasteiger charge is 2.23. The molecule has 0 radical (unpaired) electrons. The van der Waals surface area contributed by atoms with Crippen LogP contribution in [0, 0.1) is 16.7 Å². The number of rotatable bonds is 5. The van der Waals surface area contributed by atoms with Crippen LogP contribution in [-0.4, -0.2) is 32.5 Å². The second-order valence-electron chi connectivity index (χ2n) is 4.83. The molecule has 0 aromatic heterocycles. The van der Waals surface area contributed by atoms with Crippen molar-refractivity contribution in [3.63, 3.8) is 0 Å². The summed E-state index contributed by atoms with van der Waals surface area (Å²) in [5.74, 6) is -1.92. The van der Waals surface area contributed by atoms with Gasteiger partial charge in [-0.3, -0.25) is 10.2 Å². The second-order valence-corrected chi connectivity index (χ2v) is 6.40. The molecule has 0 saturated heterocycles. The number of ketones is 1. The Morgan fingerprint density at radius 1 is 1.50 bits per heavy atom. The van der Waals surface area contributed by atoms with Crippen molar-refractivity contribution in [3.05, 3.63) is 34.9 Å². The molecule has 0 atom stereocenters. The summed E-state index contributed by atoms with van der Waals surface area (Å²) >= 11 is 0. The van der Waals surface area contributed by atoms with Crippen LogP contribution in [0.15, 0.2) is 23.8 Å². The van der Waals surface area contributed by atoms with E-state index in [1.165, 1.54) is 6.08 Å². The Morgan fingerprint density at radius 2 is 2.25 bits per heavy atom. The van der Waals surface area contributed by atoms with E-state index in [2.05, 4.69) is 4.28 Å². The molecule has 24 heavy (non-hydrogen) atoms. The zero-order chi connectivity index (χ0) is 17.7. The first-order valence-corrected chi connectivity index (χ1v) is 8.31. The highest BCUT2D eigenvalue weighted by atomic mass is 32.2. The van der Waals surface area contributed by atoms with Gasteiger partial charge in [0.05, 0.1) is 12.2 Å². The number of carbonyl (C=O) groups excluding carboxylic acids is 1. The summed E-state index contributed by atoms with van der Waals surface area (Å²) in [4.78, 5) is 12.2. The van der Waals surface area contributed by atoms with Crippen LogP contribution >= 0.6 is 0 Å². The smallest absolute Gasteiger partial charge is 0.295 e. The Bertz CT molecular complexity index is 854. The van der Waals surface area contributed by atoms with Gasteiger partial charge in [-0.2, -0.15) is 13.7 Å². The molecule has 10 heteroatoms. The number of Topliss-reactive ketones (excluding diaryl/α,β-unsaturated/α-hetero) is 1. The van der Waals surface area contributed by atoms with Crippen molar-refractivity contribution in [1.82, 2.24) is 5.48 Å². The molecule has 1 aromatic carbocycles. The van der Waals surface area contributed by atoms with Crippen LogP contribution in [0.5, 0.6) is 5.75 Å².